The van der Waals surface area contributed by atoms with Crippen molar-refractivity contribution in [2.45, 2.75) is 57.2 Å². The van der Waals surface area contributed by atoms with E-state index in [0.29, 0.717) is 18.1 Å². The molecule has 0 amide bonds. The lowest BCUT2D eigenvalue weighted by atomic mass is 9.91. The second kappa shape index (κ2) is 8.80. The normalized spacial score (nSPS) is 30.3. The van der Waals surface area contributed by atoms with Crippen molar-refractivity contribution in [3.05, 3.63) is 41.5 Å². The molecular formula is C21H32N2O. The fraction of sp³-hybridized carbons (Fsp3) is 0.619. The summed E-state index contributed by atoms with van der Waals surface area (Å²) in [6, 6.07) is 12.8. The van der Waals surface area contributed by atoms with Crippen LogP contribution in [0.1, 0.15) is 44.6 Å². The molecule has 0 aromatic heterocycles. The number of ether oxygens (including phenoxy) is 1. The van der Waals surface area contributed by atoms with E-state index in [1.807, 2.05) is 0 Å². The van der Waals surface area contributed by atoms with Crippen LogP contribution in [-0.2, 0) is 4.74 Å². The molecule has 0 unspecified atom stereocenters. The lowest BCUT2D eigenvalue weighted by molar-refractivity contribution is 0.190. The molecule has 3 nitrogen and oxygen atoms in total. The molecule has 2 aliphatic rings. The number of nitrogens with one attached hydrogen (secondary N) is 2. The zero-order chi connectivity index (χ0) is 16.8. The topological polar surface area (TPSA) is 33.3 Å². The Hall–Kier alpha value is -1.16. The van der Waals surface area contributed by atoms with Crippen LogP contribution in [0.25, 0.3) is 6.08 Å². The predicted molar refractivity (Wildman–Crippen MR) is 101 cm³/mol. The lowest BCUT2D eigenvalue weighted by Gasteiger charge is -2.30. The first-order valence-corrected chi connectivity index (χ1v) is 9.48. The first-order valence-electron chi connectivity index (χ1n) is 9.48. The summed E-state index contributed by atoms with van der Waals surface area (Å²) in [5, 5.41) is 7.51. The van der Waals surface area contributed by atoms with Gasteiger partial charge in [-0.1, -0.05) is 42.0 Å². The Labute approximate surface area is 146 Å². The average molecular weight is 329 g/mol. The summed E-state index contributed by atoms with van der Waals surface area (Å²) in [6.07, 6.45) is 8.84. The van der Waals surface area contributed by atoms with Crippen molar-refractivity contribution in [2.75, 3.05) is 20.3 Å². The Morgan fingerprint density at radius 1 is 1.12 bits per heavy atom. The quantitative estimate of drug-likeness (QED) is 0.715. The average Bonchev–Trinajstić information content (AvgIpc) is 3.37. The van der Waals surface area contributed by atoms with Gasteiger partial charge < -0.3 is 15.4 Å². The molecule has 3 heteroatoms. The van der Waals surface area contributed by atoms with Crippen molar-refractivity contribution in [3.63, 3.8) is 0 Å². The molecule has 132 valence electrons. The highest BCUT2D eigenvalue weighted by molar-refractivity contribution is 5.53. The fourth-order valence-corrected chi connectivity index (χ4v) is 3.93. The number of benzene rings is 1. The van der Waals surface area contributed by atoms with Crippen LogP contribution in [0, 0.1) is 5.92 Å². The van der Waals surface area contributed by atoms with Gasteiger partial charge in [0, 0.05) is 31.8 Å². The molecule has 0 radical (unpaired) electrons. The molecule has 0 saturated heterocycles. The largest absolute Gasteiger partial charge is 0.383 e. The maximum Gasteiger partial charge on any atom is 0.0587 e. The molecule has 0 bridgehead atoms. The fourth-order valence-electron chi connectivity index (χ4n) is 3.93. The molecule has 2 atom stereocenters. The third kappa shape index (κ3) is 5.17. The van der Waals surface area contributed by atoms with E-state index in [0.717, 1.165) is 19.1 Å². The van der Waals surface area contributed by atoms with Crippen LogP contribution in [0.4, 0.5) is 0 Å². The van der Waals surface area contributed by atoms with Crippen molar-refractivity contribution in [1.29, 1.82) is 0 Å². The van der Waals surface area contributed by atoms with E-state index in [2.05, 4.69) is 54.0 Å². The maximum absolute atomic E-state index is 5.11. The summed E-state index contributed by atoms with van der Waals surface area (Å²) < 4.78 is 5.11. The third-order valence-corrected chi connectivity index (χ3v) is 5.49. The van der Waals surface area contributed by atoms with Gasteiger partial charge in [-0.2, -0.15) is 0 Å². The zero-order valence-electron chi connectivity index (χ0n) is 15.1. The van der Waals surface area contributed by atoms with Gasteiger partial charge in [0.25, 0.3) is 0 Å². The number of methoxy groups -OCH3 is 1. The van der Waals surface area contributed by atoms with Crippen molar-refractivity contribution < 1.29 is 4.74 Å². The van der Waals surface area contributed by atoms with Gasteiger partial charge in [-0.25, -0.2) is 0 Å². The minimum atomic E-state index is 0.688. The first kappa shape index (κ1) is 17.7. The van der Waals surface area contributed by atoms with Crippen LogP contribution >= 0.6 is 0 Å². The molecule has 0 spiro atoms. The minimum absolute atomic E-state index is 0.688. The molecular weight excluding hydrogens is 296 g/mol. The Morgan fingerprint density at radius 3 is 2.54 bits per heavy atom. The summed E-state index contributed by atoms with van der Waals surface area (Å²) in [4.78, 5) is 0. The second-order valence-electron chi connectivity index (χ2n) is 7.41. The summed E-state index contributed by atoms with van der Waals surface area (Å²) in [7, 11) is 1.77. The molecule has 1 aromatic carbocycles. The predicted octanol–water partition coefficient (Wildman–Crippen LogP) is 3.62. The van der Waals surface area contributed by atoms with E-state index in [-0.39, 0.29) is 0 Å². The monoisotopic (exact) mass is 328 g/mol. The molecule has 0 heterocycles. The molecule has 24 heavy (non-hydrogen) atoms. The van der Waals surface area contributed by atoms with Crippen molar-refractivity contribution in [3.8, 4) is 0 Å². The van der Waals surface area contributed by atoms with E-state index in [1.54, 1.807) is 7.11 Å². The number of hydrogen-bond acceptors (Lipinski definition) is 3. The summed E-state index contributed by atoms with van der Waals surface area (Å²) in [5.74, 6) is 0.739. The Morgan fingerprint density at radius 2 is 1.83 bits per heavy atom. The highest BCUT2D eigenvalue weighted by Crippen LogP contribution is 2.39. The smallest absolute Gasteiger partial charge is 0.0587 e. The second-order valence-corrected chi connectivity index (χ2v) is 7.41. The van der Waals surface area contributed by atoms with Crippen LogP contribution in [0.5, 0.6) is 0 Å². The van der Waals surface area contributed by atoms with Crippen LogP contribution < -0.4 is 10.6 Å². The lowest BCUT2D eigenvalue weighted by Crippen LogP contribution is -2.41. The van der Waals surface area contributed by atoms with Crippen molar-refractivity contribution in [1.82, 2.24) is 10.6 Å². The minimum Gasteiger partial charge on any atom is -0.383 e. The molecule has 3 rings (SSSR count). The summed E-state index contributed by atoms with van der Waals surface area (Å²) in [5.41, 5.74) is 2.84. The van der Waals surface area contributed by atoms with Gasteiger partial charge in [0.2, 0.25) is 0 Å². The van der Waals surface area contributed by atoms with E-state index in [1.165, 1.54) is 43.2 Å². The third-order valence-electron chi connectivity index (χ3n) is 5.49. The molecule has 0 aliphatic heterocycles. The molecule has 2 saturated carbocycles. The SMILES string of the molecule is COCCNC1CCC(N[C@@H]2C[C@H]2/C(C)=C/c2ccccc2)CC1. The van der Waals surface area contributed by atoms with Crippen LogP contribution in [0.2, 0.25) is 0 Å². The van der Waals surface area contributed by atoms with E-state index < -0.39 is 0 Å². The Kier molecular flexibility index (Phi) is 6.47. The van der Waals surface area contributed by atoms with E-state index in [4.69, 9.17) is 4.74 Å². The molecule has 2 N–H and O–H groups in total. The highest BCUT2D eigenvalue weighted by Gasteiger charge is 2.39. The van der Waals surface area contributed by atoms with Gasteiger partial charge in [-0.3, -0.25) is 0 Å². The standard InChI is InChI=1S/C21H32N2O/c1-16(14-17-6-4-3-5-7-17)20-15-21(20)23-19-10-8-18(9-11-19)22-12-13-24-2/h3-7,14,18-23H,8-13,15H2,1-2H3/b16-14+/t18?,19?,20-,21+/m0/s1. The van der Waals surface area contributed by atoms with Crippen LogP contribution in [-0.4, -0.2) is 38.4 Å². The Balaban J connectivity index is 1.38. The van der Waals surface area contributed by atoms with Crippen LogP contribution in [0.15, 0.2) is 35.9 Å². The van der Waals surface area contributed by atoms with Gasteiger partial charge in [-0.15, -0.1) is 0 Å². The zero-order valence-corrected chi connectivity index (χ0v) is 15.1. The molecule has 1 aromatic rings. The van der Waals surface area contributed by atoms with Crippen LogP contribution in [0.3, 0.4) is 0 Å². The molecule has 2 aliphatic carbocycles. The van der Waals surface area contributed by atoms with Gasteiger partial charge in [-0.05, 0) is 50.5 Å². The van der Waals surface area contributed by atoms with Gasteiger partial charge in [0.05, 0.1) is 6.61 Å². The number of hydrogen-bond donors (Lipinski definition) is 2. The first-order chi connectivity index (χ1) is 11.8. The Bertz CT molecular complexity index is 520. The van der Waals surface area contributed by atoms with Gasteiger partial charge >= 0.3 is 0 Å². The summed E-state index contributed by atoms with van der Waals surface area (Å²) in [6.45, 7) is 4.08. The van der Waals surface area contributed by atoms with Crippen molar-refractivity contribution in [2.24, 2.45) is 5.92 Å². The summed E-state index contributed by atoms with van der Waals surface area (Å²) >= 11 is 0. The van der Waals surface area contributed by atoms with Gasteiger partial charge in [0.15, 0.2) is 0 Å². The van der Waals surface area contributed by atoms with E-state index in [9.17, 15) is 0 Å². The molecule has 2 fully saturated rings. The van der Waals surface area contributed by atoms with E-state index >= 15 is 0 Å². The number of rotatable bonds is 8. The highest BCUT2D eigenvalue weighted by atomic mass is 16.5. The van der Waals surface area contributed by atoms with Gasteiger partial charge in [0.1, 0.15) is 0 Å². The maximum atomic E-state index is 5.11. The van der Waals surface area contributed by atoms with Crippen molar-refractivity contribution >= 4 is 6.08 Å².